The van der Waals surface area contributed by atoms with Crippen LogP contribution in [0.2, 0.25) is 0 Å². The second-order valence-corrected chi connectivity index (χ2v) is 6.55. The summed E-state index contributed by atoms with van der Waals surface area (Å²) in [5.41, 5.74) is 1.01. The van der Waals surface area contributed by atoms with Crippen molar-refractivity contribution >= 4 is 23.2 Å². The van der Waals surface area contributed by atoms with Gasteiger partial charge in [-0.15, -0.1) is 0 Å². The third kappa shape index (κ3) is 4.79. The standard InChI is InChI=1S/C21H24FN3O3/c1-2-23-20(26)14-28-16-8-5-7-15(13-16)24-18-10-6-12-25(21(18)27)19-11-4-3-9-17(19)22/h3-5,7-9,11,13,18,24H,2,6,10,12,14H2,1H3,(H,23,26). The zero-order valence-corrected chi connectivity index (χ0v) is 15.8. The van der Waals surface area contributed by atoms with Crippen LogP contribution >= 0.6 is 0 Å². The summed E-state index contributed by atoms with van der Waals surface area (Å²) >= 11 is 0. The van der Waals surface area contributed by atoms with E-state index in [4.69, 9.17) is 4.74 Å². The van der Waals surface area contributed by atoms with Gasteiger partial charge in [-0.25, -0.2) is 4.39 Å². The van der Waals surface area contributed by atoms with E-state index in [2.05, 4.69) is 10.6 Å². The van der Waals surface area contributed by atoms with Crippen molar-refractivity contribution in [3.63, 3.8) is 0 Å². The van der Waals surface area contributed by atoms with Crippen molar-refractivity contribution in [2.45, 2.75) is 25.8 Å². The molecule has 1 saturated heterocycles. The van der Waals surface area contributed by atoms with E-state index in [1.807, 2.05) is 13.0 Å². The molecule has 2 aromatic carbocycles. The van der Waals surface area contributed by atoms with Crippen LogP contribution in [0, 0.1) is 5.82 Å². The van der Waals surface area contributed by atoms with Gasteiger partial charge in [-0.1, -0.05) is 18.2 Å². The van der Waals surface area contributed by atoms with Crippen molar-refractivity contribution in [3.8, 4) is 5.75 Å². The fourth-order valence-electron chi connectivity index (χ4n) is 3.19. The van der Waals surface area contributed by atoms with Crippen molar-refractivity contribution < 1.29 is 18.7 Å². The van der Waals surface area contributed by atoms with E-state index in [0.29, 0.717) is 36.6 Å². The lowest BCUT2D eigenvalue weighted by atomic mass is 10.0. The molecule has 1 atom stereocenters. The molecule has 1 unspecified atom stereocenters. The summed E-state index contributed by atoms with van der Waals surface area (Å²) in [6, 6.07) is 13.0. The molecule has 0 saturated carbocycles. The highest BCUT2D eigenvalue weighted by molar-refractivity contribution is 5.99. The molecule has 1 heterocycles. The average Bonchev–Trinajstić information content (AvgIpc) is 2.69. The lowest BCUT2D eigenvalue weighted by molar-refractivity contribution is -0.123. The highest BCUT2D eigenvalue weighted by Gasteiger charge is 2.30. The lowest BCUT2D eigenvalue weighted by Crippen LogP contribution is -2.48. The number of ether oxygens (including phenoxy) is 1. The Kier molecular flexibility index (Phi) is 6.47. The number of anilines is 2. The first kappa shape index (κ1) is 19.7. The van der Waals surface area contributed by atoms with Gasteiger partial charge in [0, 0.05) is 24.8 Å². The normalized spacial score (nSPS) is 16.6. The van der Waals surface area contributed by atoms with Crippen LogP contribution in [0.15, 0.2) is 48.5 Å². The Morgan fingerprint density at radius 3 is 2.86 bits per heavy atom. The molecule has 6 nitrogen and oxygen atoms in total. The Morgan fingerprint density at radius 2 is 2.07 bits per heavy atom. The molecular formula is C21H24FN3O3. The molecule has 0 spiro atoms. The highest BCUT2D eigenvalue weighted by atomic mass is 19.1. The molecule has 0 bridgehead atoms. The average molecular weight is 385 g/mol. The quantitative estimate of drug-likeness (QED) is 0.769. The number of amides is 2. The van der Waals surface area contributed by atoms with Gasteiger partial charge in [0.25, 0.3) is 5.91 Å². The van der Waals surface area contributed by atoms with Crippen LogP contribution in [0.1, 0.15) is 19.8 Å². The number of rotatable bonds is 7. The molecular weight excluding hydrogens is 361 g/mol. The van der Waals surface area contributed by atoms with E-state index in [1.54, 1.807) is 36.4 Å². The molecule has 1 aliphatic heterocycles. The van der Waals surface area contributed by atoms with Crippen molar-refractivity contribution in [1.82, 2.24) is 5.32 Å². The summed E-state index contributed by atoms with van der Waals surface area (Å²) in [6.07, 6.45) is 1.43. The Balaban J connectivity index is 1.66. The van der Waals surface area contributed by atoms with Crippen molar-refractivity contribution in [3.05, 3.63) is 54.3 Å². The fraction of sp³-hybridized carbons (Fsp3) is 0.333. The molecule has 28 heavy (non-hydrogen) atoms. The monoisotopic (exact) mass is 385 g/mol. The zero-order chi connectivity index (χ0) is 19.9. The molecule has 2 aromatic rings. The number of carbonyl (C=O) groups is 2. The maximum absolute atomic E-state index is 14.1. The van der Waals surface area contributed by atoms with E-state index in [-0.39, 0.29) is 18.4 Å². The zero-order valence-electron chi connectivity index (χ0n) is 15.8. The molecule has 148 valence electrons. The number of para-hydroxylation sites is 1. The van der Waals surface area contributed by atoms with Crippen LogP contribution in [-0.2, 0) is 9.59 Å². The van der Waals surface area contributed by atoms with Crippen LogP contribution in [0.5, 0.6) is 5.75 Å². The van der Waals surface area contributed by atoms with Crippen molar-refractivity contribution in [2.75, 3.05) is 29.9 Å². The number of hydrogen-bond acceptors (Lipinski definition) is 4. The van der Waals surface area contributed by atoms with Gasteiger partial charge in [-0.05, 0) is 44.0 Å². The summed E-state index contributed by atoms with van der Waals surface area (Å²) in [4.78, 5) is 25.9. The SMILES string of the molecule is CCNC(=O)COc1cccc(NC2CCCN(c3ccccc3F)C2=O)c1. The minimum atomic E-state index is -0.452. The van der Waals surface area contributed by atoms with E-state index >= 15 is 0 Å². The molecule has 3 rings (SSSR count). The highest BCUT2D eigenvalue weighted by Crippen LogP contribution is 2.26. The smallest absolute Gasteiger partial charge is 0.257 e. The number of hydrogen-bond donors (Lipinski definition) is 2. The number of halogens is 1. The topological polar surface area (TPSA) is 70.7 Å². The first-order valence-corrected chi connectivity index (χ1v) is 9.40. The number of nitrogens with zero attached hydrogens (tertiary/aromatic N) is 1. The summed E-state index contributed by atoms with van der Waals surface area (Å²) in [6.45, 7) is 2.81. The van der Waals surface area contributed by atoms with Gasteiger partial charge in [0.15, 0.2) is 6.61 Å². The molecule has 1 aliphatic rings. The summed E-state index contributed by atoms with van der Waals surface area (Å²) < 4.78 is 19.6. The maximum Gasteiger partial charge on any atom is 0.257 e. The second kappa shape index (κ2) is 9.21. The molecule has 1 fully saturated rings. The van der Waals surface area contributed by atoms with E-state index in [0.717, 1.165) is 6.42 Å². The van der Waals surface area contributed by atoms with Gasteiger partial charge in [-0.3, -0.25) is 9.59 Å². The van der Waals surface area contributed by atoms with E-state index < -0.39 is 11.9 Å². The van der Waals surface area contributed by atoms with Crippen LogP contribution in [-0.4, -0.2) is 37.6 Å². The maximum atomic E-state index is 14.1. The molecule has 0 aromatic heterocycles. The third-order valence-electron chi connectivity index (χ3n) is 4.50. The number of likely N-dealkylation sites (N-methyl/N-ethyl adjacent to an activating group) is 1. The third-order valence-corrected chi connectivity index (χ3v) is 4.50. The van der Waals surface area contributed by atoms with Crippen LogP contribution in [0.4, 0.5) is 15.8 Å². The Hall–Kier alpha value is -3.09. The largest absolute Gasteiger partial charge is 0.484 e. The van der Waals surface area contributed by atoms with Gasteiger partial charge in [0.2, 0.25) is 5.91 Å². The van der Waals surface area contributed by atoms with E-state index in [9.17, 15) is 14.0 Å². The number of carbonyl (C=O) groups excluding carboxylic acids is 2. The lowest BCUT2D eigenvalue weighted by Gasteiger charge is -2.33. The van der Waals surface area contributed by atoms with Crippen molar-refractivity contribution in [1.29, 1.82) is 0 Å². The first-order valence-electron chi connectivity index (χ1n) is 9.40. The predicted molar refractivity (Wildman–Crippen MR) is 106 cm³/mol. The Bertz CT molecular complexity index is 843. The second-order valence-electron chi connectivity index (χ2n) is 6.55. The van der Waals surface area contributed by atoms with Crippen molar-refractivity contribution in [2.24, 2.45) is 0 Å². The van der Waals surface area contributed by atoms with Gasteiger partial charge in [0.05, 0.1) is 5.69 Å². The number of nitrogens with one attached hydrogen (secondary N) is 2. The molecule has 0 radical (unpaired) electrons. The van der Waals surface area contributed by atoms with Crippen LogP contribution in [0.3, 0.4) is 0 Å². The Morgan fingerprint density at radius 1 is 1.25 bits per heavy atom. The fourth-order valence-corrected chi connectivity index (χ4v) is 3.19. The van der Waals surface area contributed by atoms with Gasteiger partial charge < -0.3 is 20.3 Å². The Labute approximate surface area is 163 Å². The van der Waals surface area contributed by atoms with Gasteiger partial charge in [-0.2, -0.15) is 0 Å². The minimum absolute atomic E-state index is 0.0687. The van der Waals surface area contributed by atoms with E-state index in [1.165, 1.54) is 11.0 Å². The van der Waals surface area contributed by atoms with Crippen LogP contribution < -0.4 is 20.3 Å². The molecule has 0 aliphatic carbocycles. The summed E-state index contributed by atoms with van der Waals surface area (Å²) in [5, 5.41) is 5.88. The molecule has 7 heteroatoms. The van der Waals surface area contributed by atoms with Crippen LogP contribution in [0.25, 0.3) is 0 Å². The van der Waals surface area contributed by atoms with Gasteiger partial charge >= 0.3 is 0 Å². The minimum Gasteiger partial charge on any atom is -0.484 e. The summed E-state index contributed by atoms with van der Waals surface area (Å²) in [7, 11) is 0. The predicted octanol–water partition coefficient (Wildman–Crippen LogP) is 2.95. The summed E-state index contributed by atoms with van der Waals surface area (Å²) in [5.74, 6) is -0.225. The number of piperidine rings is 1. The molecule has 2 amide bonds. The molecule has 2 N–H and O–H groups in total. The van der Waals surface area contributed by atoms with Gasteiger partial charge in [0.1, 0.15) is 17.6 Å². The number of benzene rings is 2. The first-order chi connectivity index (χ1) is 13.6.